The zero-order valence-electron chi connectivity index (χ0n) is 18.5. The summed E-state index contributed by atoms with van der Waals surface area (Å²) >= 11 is 0. The van der Waals surface area contributed by atoms with Crippen LogP contribution in [0.15, 0.2) is 46.8 Å². The van der Waals surface area contributed by atoms with Crippen LogP contribution in [0.4, 0.5) is 0 Å². The van der Waals surface area contributed by atoms with Gasteiger partial charge in [0.05, 0.1) is 24.7 Å². The predicted molar refractivity (Wildman–Crippen MR) is 114 cm³/mol. The molecule has 8 heteroatoms. The number of rotatable bonds is 5. The number of aliphatic hydroxyl groups excluding tert-OH is 2. The van der Waals surface area contributed by atoms with Crippen molar-refractivity contribution in [1.29, 1.82) is 0 Å². The van der Waals surface area contributed by atoms with Gasteiger partial charge in [0.15, 0.2) is 5.78 Å². The van der Waals surface area contributed by atoms with Crippen molar-refractivity contribution in [3.63, 3.8) is 0 Å². The number of carbonyl (C=O) groups excluding carboxylic acids is 3. The van der Waals surface area contributed by atoms with E-state index in [0.29, 0.717) is 36.4 Å². The van der Waals surface area contributed by atoms with Crippen molar-refractivity contribution in [2.45, 2.75) is 70.0 Å². The molecular formula is C24H29NO7. The van der Waals surface area contributed by atoms with Crippen LogP contribution in [0.3, 0.4) is 0 Å². The lowest BCUT2D eigenvalue weighted by atomic mass is 9.71. The van der Waals surface area contributed by atoms with Gasteiger partial charge < -0.3 is 19.7 Å². The molecule has 3 heterocycles. The van der Waals surface area contributed by atoms with Crippen LogP contribution < -0.4 is 0 Å². The number of ether oxygens (including phenoxy) is 2. The number of fused-ring (bicyclic) bond motifs is 1. The van der Waals surface area contributed by atoms with E-state index in [1.807, 2.05) is 25.2 Å². The lowest BCUT2D eigenvalue weighted by Crippen LogP contribution is -2.60. The summed E-state index contributed by atoms with van der Waals surface area (Å²) < 4.78 is 11.5. The third-order valence-corrected chi connectivity index (χ3v) is 6.58. The Morgan fingerprint density at radius 1 is 1.34 bits per heavy atom. The first-order valence-electron chi connectivity index (χ1n) is 11.0. The summed E-state index contributed by atoms with van der Waals surface area (Å²) in [7, 11) is 0. The summed E-state index contributed by atoms with van der Waals surface area (Å²) in [6, 6.07) is -0.231. The molecule has 0 spiro atoms. The number of hydrogen-bond donors (Lipinski definition) is 2. The van der Waals surface area contributed by atoms with Gasteiger partial charge in [0.25, 0.3) is 0 Å². The molecule has 0 aromatic rings. The summed E-state index contributed by atoms with van der Waals surface area (Å²) in [5.41, 5.74) is -0.0922. The molecule has 32 heavy (non-hydrogen) atoms. The predicted octanol–water partition coefficient (Wildman–Crippen LogP) is 1.13. The Bertz CT molecular complexity index is 973. The van der Waals surface area contributed by atoms with E-state index in [-0.39, 0.29) is 18.9 Å². The van der Waals surface area contributed by atoms with E-state index in [1.54, 1.807) is 6.08 Å². The molecule has 0 radical (unpaired) electrons. The molecule has 5 atom stereocenters. The number of nitrogens with zero attached hydrogens (tertiary/aromatic N) is 1. The largest absolute Gasteiger partial charge is 0.485 e. The average molecular weight is 443 g/mol. The number of Topliss-reactive ketones (excluding diaryl/α,β-unsaturated/α-hetero) is 2. The highest BCUT2D eigenvalue weighted by Gasteiger charge is 2.57. The van der Waals surface area contributed by atoms with Crippen molar-refractivity contribution in [1.82, 2.24) is 4.90 Å². The molecule has 2 N–H and O–H groups in total. The molecular weight excluding hydrogens is 414 g/mol. The van der Waals surface area contributed by atoms with E-state index < -0.39 is 41.4 Å². The molecule has 1 fully saturated rings. The van der Waals surface area contributed by atoms with Crippen LogP contribution in [-0.4, -0.2) is 75.7 Å². The molecule has 3 aliphatic heterocycles. The topological polar surface area (TPSA) is 113 Å². The van der Waals surface area contributed by atoms with Crippen molar-refractivity contribution in [2.24, 2.45) is 0 Å². The molecule has 172 valence electrons. The fourth-order valence-electron chi connectivity index (χ4n) is 4.98. The maximum Gasteiger partial charge on any atom is 0.309 e. The molecule has 8 nitrogen and oxygen atoms in total. The van der Waals surface area contributed by atoms with E-state index >= 15 is 0 Å². The Kier molecular flexibility index (Phi) is 5.96. The maximum absolute atomic E-state index is 13.5. The first-order chi connectivity index (χ1) is 15.2. The summed E-state index contributed by atoms with van der Waals surface area (Å²) in [5, 5.41) is 20.0. The minimum atomic E-state index is -1.91. The van der Waals surface area contributed by atoms with Gasteiger partial charge in [0.2, 0.25) is 11.4 Å². The van der Waals surface area contributed by atoms with E-state index in [4.69, 9.17) is 9.47 Å². The Morgan fingerprint density at radius 3 is 2.78 bits per heavy atom. The molecule has 4 aliphatic rings. The van der Waals surface area contributed by atoms with Gasteiger partial charge >= 0.3 is 5.97 Å². The van der Waals surface area contributed by atoms with Gasteiger partial charge in [-0.15, -0.1) is 0 Å². The van der Waals surface area contributed by atoms with Gasteiger partial charge in [-0.05, 0) is 38.8 Å². The molecule has 0 aromatic carbocycles. The summed E-state index contributed by atoms with van der Waals surface area (Å²) in [6.45, 7) is 5.55. The number of allylic oxidation sites excluding steroid dienone is 4. The van der Waals surface area contributed by atoms with Gasteiger partial charge in [-0.25, -0.2) is 0 Å². The lowest BCUT2D eigenvalue weighted by Gasteiger charge is -2.46. The van der Waals surface area contributed by atoms with Gasteiger partial charge in [-0.1, -0.05) is 18.2 Å². The molecule has 1 aliphatic carbocycles. The summed E-state index contributed by atoms with van der Waals surface area (Å²) in [4.78, 5) is 40.9. The first kappa shape index (κ1) is 22.6. The quantitative estimate of drug-likeness (QED) is 0.369. The van der Waals surface area contributed by atoms with Crippen molar-refractivity contribution in [3.8, 4) is 0 Å². The highest BCUT2D eigenvalue weighted by atomic mass is 16.6. The van der Waals surface area contributed by atoms with Crippen LogP contribution in [-0.2, 0) is 23.9 Å². The Morgan fingerprint density at radius 2 is 2.09 bits per heavy atom. The monoisotopic (exact) mass is 443 g/mol. The van der Waals surface area contributed by atoms with E-state index in [2.05, 4.69) is 4.90 Å². The third kappa shape index (κ3) is 3.66. The Hall–Kier alpha value is -2.55. The van der Waals surface area contributed by atoms with Crippen molar-refractivity contribution >= 4 is 17.5 Å². The summed E-state index contributed by atoms with van der Waals surface area (Å²) in [6.07, 6.45) is 5.45. The minimum absolute atomic E-state index is 0.0632. The smallest absolute Gasteiger partial charge is 0.309 e. The van der Waals surface area contributed by atoms with Crippen LogP contribution in [0.1, 0.15) is 40.0 Å². The van der Waals surface area contributed by atoms with Gasteiger partial charge in [0.1, 0.15) is 11.9 Å². The van der Waals surface area contributed by atoms with Crippen molar-refractivity contribution in [3.05, 3.63) is 46.8 Å². The normalized spacial score (nSPS) is 33.6. The molecule has 0 aromatic heterocycles. The highest BCUT2D eigenvalue weighted by Crippen LogP contribution is 2.47. The zero-order chi connectivity index (χ0) is 23.2. The van der Waals surface area contributed by atoms with Crippen LogP contribution >= 0.6 is 0 Å². The number of ketones is 2. The third-order valence-electron chi connectivity index (χ3n) is 6.58. The van der Waals surface area contributed by atoms with E-state index in [9.17, 15) is 24.6 Å². The molecule has 4 rings (SSSR count). The standard InChI is InChI=1S/C24H29NO7/c1-4-5-6-7-17-20-14-11-18(28)24(3,32-19(29)10-13(2)26)23(30)15(14)12-25-9-8-16(27)22(31-17)21(20)25/h4-7,13,16,21-22,26-27H,8-12H2,1-3H3/b5-4?,7-6+/t13?,16-,21+,22-,24?/m0/s1. The van der Waals surface area contributed by atoms with E-state index in [1.165, 1.54) is 13.8 Å². The first-order valence-corrected chi connectivity index (χ1v) is 11.0. The lowest BCUT2D eigenvalue weighted by molar-refractivity contribution is -0.172. The Labute approximate surface area is 186 Å². The second-order valence-electron chi connectivity index (χ2n) is 8.96. The van der Waals surface area contributed by atoms with Crippen LogP contribution in [0.25, 0.3) is 0 Å². The van der Waals surface area contributed by atoms with Crippen LogP contribution in [0.2, 0.25) is 0 Å². The van der Waals surface area contributed by atoms with Crippen LogP contribution in [0.5, 0.6) is 0 Å². The number of esters is 1. The Balaban J connectivity index is 1.76. The molecule has 1 saturated heterocycles. The SMILES string of the molecule is CC=C/C=C/C1=C2C3=C(CN4CC[C@H](O)[C@H](O1)[C@@H]24)C(=O)C(C)(OC(=O)CC(C)O)C(=O)C3. The number of hydrogen-bond acceptors (Lipinski definition) is 8. The average Bonchev–Trinajstić information content (AvgIpc) is 3.11. The van der Waals surface area contributed by atoms with Gasteiger partial charge in [0, 0.05) is 30.7 Å². The molecule has 2 unspecified atom stereocenters. The second-order valence-corrected chi connectivity index (χ2v) is 8.96. The highest BCUT2D eigenvalue weighted by molar-refractivity contribution is 6.22. The number of carbonyl (C=O) groups is 3. The second kappa shape index (κ2) is 8.42. The fraction of sp³-hybridized carbons (Fsp3) is 0.542. The van der Waals surface area contributed by atoms with Gasteiger partial charge in [-0.3, -0.25) is 19.3 Å². The number of aliphatic hydroxyl groups is 2. The van der Waals surface area contributed by atoms with Crippen molar-refractivity contribution < 1.29 is 34.1 Å². The zero-order valence-corrected chi connectivity index (χ0v) is 18.5. The molecule has 0 amide bonds. The van der Waals surface area contributed by atoms with Crippen molar-refractivity contribution in [2.75, 3.05) is 13.1 Å². The molecule has 0 saturated carbocycles. The molecule has 0 bridgehead atoms. The minimum Gasteiger partial charge on any atom is -0.485 e. The fourth-order valence-corrected chi connectivity index (χ4v) is 4.98. The maximum atomic E-state index is 13.5. The summed E-state index contributed by atoms with van der Waals surface area (Å²) in [5.74, 6) is -1.27. The van der Waals surface area contributed by atoms with E-state index in [0.717, 1.165) is 5.57 Å². The van der Waals surface area contributed by atoms with Crippen LogP contribution in [0, 0.1) is 0 Å². The van der Waals surface area contributed by atoms with Gasteiger partial charge in [-0.2, -0.15) is 0 Å². The number of piperidine rings is 1.